The van der Waals surface area contributed by atoms with Gasteiger partial charge in [0.25, 0.3) is 11.8 Å². The van der Waals surface area contributed by atoms with Crippen LogP contribution in [0.2, 0.25) is 0 Å². The van der Waals surface area contributed by atoms with Crippen LogP contribution < -0.4 is 9.64 Å². The molecule has 0 N–H and O–H groups in total. The minimum atomic E-state index is -0.381. The highest BCUT2D eigenvalue weighted by Crippen LogP contribution is 2.38. The lowest BCUT2D eigenvalue weighted by Gasteiger charge is -2.18. The van der Waals surface area contributed by atoms with Gasteiger partial charge in [-0.1, -0.05) is 24.3 Å². The Morgan fingerprint density at radius 1 is 0.893 bits per heavy atom. The molecule has 0 spiro atoms. The van der Waals surface area contributed by atoms with Gasteiger partial charge < -0.3 is 9.15 Å². The van der Waals surface area contributed by atoms with E-state index in [0.29, 0.717) is 39.6 Å². The van der Waals surface area contributed by atoms with E-state index in [1.165, 1.54) is 7.11 Å². The molecule has 1 aromatic heterocycles. The van der Waals surface area contributed by atoms with E-state index in [1.807, 2.05) is 24.3 Å². The summed E-state index contributed by atoms with van der Waals surface area (Å²) in [5.74, 6) is 0.0540. The number of ether oxygens (including phenoxy) is 1. The Hall–Kier alpha value is -3.93. The lowest BCUT2D eigenvalue weighted by molar-refractivity contribution is 0.0925. The molecule has 3 aromatic carbocycles. The van der Waals surface area contributed by atoms with Crippen molar-refractivity contribution in [3.8, 4) is 17.2 Å². The average Bonchev–Trinajstić information content (AvgIpc) is 3.27. The van der Waals surface area contributed by atoms with Crippen LogP contribution in [0.5, 0.6) is 5.75 Å². The minimum absolute atomic E-state index is 0.355. The van der Waals surface area contributed by atoms with Gasteiger partial charge in [-0.25, -0.2) is 9.88 Å². The first-order chi connectivity index (χ1) is 13.7. The number of oxazole rings is 1. The van der Waals surface area contributed by atoms with Gasteiger partial charge in [0.2, 0.25) is 5.89 Å². The molecular formula is C22H14N2O4. The topological polar surface area (TPSA) is 72.6 Å². The maximum absolute atomic E-state index is 12.9. The van der Waals surface area contributed by atoms with Crippen LogP contribution in [0.15, 0.2) is 71.1 Å². The lowest BCUT2D eigenvalue weighted by Crippen LogP contribution is -2.29. The smallest absolute Gasteiger partial charge is 0.266 e. The third kappa shape index (κ3) is 2.31. The van der Waals surface area contributed by atoms with Crippen LogP contribution in [-0.4, -0.2) is 23.9 Å². The number of rotatable bonds is 3. The summed E-state index contributed by atoms with van der Waals surface area (Å²) in [6, 6.07) is 19.4. The van der Waals surface area contributed by atoms with E-state index in [9.17, 15) is 9.59 Å². The van der Waals surface area contributed by atoms with Crippen molar-refractivity contribution < 1.29 is 18.7 Å². The molecule has 0 aliphatic carbocycles. The van der Waals surface area contributed by atoms with Crippen LogP contribution >= 0.6 is 0 Å². The zero-order valence-electron chi connectivity index (χ0n) is 14.9. The van der Waals surface area contributed by atoms with E-state index in [-0.39, 0.29) is 11.8 Å². The van der Waals surface area contributed by atoms with E-state index < -0.39 is 0 Å². The van der Waals surface area contributed by atoms with Crippen LogP contribution in [0.1, 0.15) is 20.7 Å². The first kappa shape index (κ1) is 16.3. The number of carbonyl (C=O) groups excluding carboxylic acids is 2. The molecule has 1 aliphatic rings. The molecule has 0 unspecified atom stereocenters. The number of aromatic nitrogens is 1. The van der Waals surface area contributed by atoms with Crippen molar-refractivity contribution in [2.45, 2.75) is 0 Å². The van der Waals surface area contributed by atoms with Crippen LogP contribution in [0, 0.1) is 0 Å². The van der Waals surface area contributed by atoms with E-state index >= 15 is 0 Å². The number of para-hydroxylation sites is 2. The highest BCUT2D eigenvalue weighted by atomic mass is 16.5. The van der Waals surface area contributed by atoms with Gasteiger partial charge in [-0.15, -0.1) is 0 Å². The molecule has 6 nitrogen and oxygen atoms in total. The second-order valence-corrected chi connectivity index (χ2v) is 6.36. The molecule has 0 saturated heterocycles. The van der Waals surface area contributed by atoms with Crippen LogP contribution in [0.3, 0.4) is 0 Å². The molecule has 1 aliphatic heterocycles. The molecule has 0 bridgehead atoms. The second kappa shape index (κ2) is 6.06. The fourth-order valence-electron chi connectivity index (χ4n) is 3.40. The average molecular weight is 370 g/mol. The molecular weight excluding hydrogens is 356 g/mol. The van der Waals surface area contributed by atoms with Gasteiger partial charge in [0.15, 0.2) is 5.58 Å². The molecule has 28 heavy (non-hydrogen) atoms. The maximum atomic E-state index is 12.9. The Labute approximate surface area is 160 Å². The highest BCUT2D eigenvalue weighted by Gasteiger charge is 2.38. The molecule has 4 aromatic rings. The number of nitrogens with zero attached hydrogens (tertiary/aromatic N) is 2. The van der Waals surface area contributed by atoms with Crippen molar-refractivity contribution in [1.82, 2.24) is 4.98 Å². The predicted molar refractivity (Wildman–Crippen MR) is 104 cm³/mol. The van der Waals surface area contributed by atoms with Crippen molar-refractivity contribution in [3.05, 3.63) is 77.9 Å². The third-order valence-corrected chi connectivity index (χ3v) is 4.75. The molecule has 5 rings (SSSR count). The zero-order chi connectivity index (χ0) is 19.3. The molecule has 0 radical (unpaired) electrons. The van der Waals surface area contributed by atoms with Gasteiger partial charge in [-0.2, -0.15) is 0 Å². The van der Waals surface area contributed by atoms with Gasteiger partial charge in [0.1, 0.15) is 11.3 Å². The van der Waals surface area contributed by atoms with Crippen molar-refractivity contribution >= 4 is 28.6 Å². The molecule has 2 amide bonds. The predicted octanol–water partition coefficient (Wildman–Crippen LogP) is 4.30. The summed E-state index contributed by atoms with van der Waals surface area (Å²) in [5.41, 5.74) is 3.15. The van der Waals surface area contributed by atoms with Crippen molar-refractivity contribution in [2.75, 3.05) is 12.0 Å². The van der Waals surface area contributed by atoms with Crippen LogP contribution in [0.4, 0.5) is 5.69 Å². The lowest BCUT2D eigenvalue weighted by atomic mass is 10.1. The van der Waals surface area contributed by atoms with Crippen molar-refractivity contribution in [3.63, 3.8) is 0 Å². The molecule has 0 saturated carbocycles. The monoisotopic (exact) mass is 370 g/mol. The van der Waals surface area contributed by atoms with E-state index in [1.54, 1.807) is 42.5 Å². The number of fused-ring (bicyclic) bond motifs is 2. The Morgan fingerprint density at radius 3 is 2.25 bits per heavy atom. The normalized spacial score (nSPS) is 13.2. The standard InChI is InChI=1S/C22H14N2O4/c1-27-19-11-10-13(20-23-16-8-4-5-9-18(16)28-20)12-17(19)24-21(25)14-6-2-3-7-15(14)22(24)26/h2-12H,1H3. The third-order valence-electron chi connectivity index (χ3n) is 4.75. The Balaban J connectivity index is 1.65. The largest absolute Gasteiger partial charge is 0.495 e. The zero-order valence-corrected chi connectivity index (χ0v) is 14.9. The Kier molecular flexibility index (Phi) is 3.52. The van der Waals surface area contributed by atoms with Crippen LogP contribution in [0.25, 0.3) is 22.6 Å². The summed E-state index contributed by atoms with van der Waals surface area (Å²) < 4.78 is 11.2. The van der Waals surface area contributed by atoms with Gasteiger partial charge in [0, 0.05) is 5.56 Å². The second-order valence-electron chi connectivity index (χ2n) is 6.36. The molecule has 0 atom stereocenters. The number of benzene rings is 3. The summed E-state index contributed by atoms with van der Waals surface area (Å²) in [6.07, 6.45) is 0. The SMILES string of the molecule is COc1ccc(-c2nc3ccccc3o2)cc1N1C(=O)c2ccccc2C1=O. The van der Waals surface area contributed by atoms with E-state index in [4.69, 9.17) is 9.15 Å². The van der Waals surface area contributed by atoms with Crippen molar-refractivity contribution in [1.29, 1.82) is 0 Å². The fraction of sp³-hybridized carbons (Fsp3) is 0.0455. The highest BCUT2D eigenvalue weighted by molar-refractivity contribution is 6.34. The first-order valence-corrected chi connectivity index (χ1v) is 8.69. The quantitative estimate of drug-likeness (QED) is 0.503. The summed E-state index contributed by atoms with van der Waals surface area (Å²) in [7, 11) is 1.50. The van der Waals surface area contributed by atoms with E-state index in [0.717, 1.165) is 10.4 Å². The summed E-state index contributed by atoms with van der Waals surface area (Å²) >= 11 is 0. The summed E-state index contributed by atoms with van der Waals surface area (Å²) in [4.78, 5) is 31.4. The summed E-state index contributed by atoms with van der Waals surface area (Å²) in [5, 5.41) is 0. The first-order valence-electron chi connectivity index (χ1n) is 8.69. The molecule has 136 valence electrons. The maximum Gasteiger partial charge on any atom is 0.266 e. The minimum Gasteiger partial charge on any atom is -0.495 e. The number of anilines is 1. The van der Waals surface area contributed by atoms with Gasteiger partial charge >= 0.3 is 0 Å². The number of carbonyl (C=O) groups is 2. The van der Waals surface area contributed by atoms with E-state index in [2.05, 4.69) is 4.98 Å². The van der Waals surface area contributed by atoms with Gasteiger partial charge in [-0.3, -0.25) is 9.59 Å². The molecule has 2 heterocycles. The van der Waals surface area contributed by atoms with Crippen LogP contribution in [-0.2, 0) is 0 Å². The Bertz CT molecular complexity index is 1190. The number of amides is 2. The molecule has 0 fully saturated rings. The molecule has 6 heteroatoms. The van der Waals surface area contributed by atoms with Gasteiger partial charge in [0.05, 0.1) is 23.9 Å². The number of hydrogen-bond donors (Lipinski definition) is 0. The number of hydrogen-bond acceptors (Lipinski definition) is 5. The Morgan fingerprint density at radius 2 is 1.57 bits per heavy atom. The number of methoxy groups -OCH3 is 1. The number of imide groups is 1. The van der Waals surface area contributed by atoms with Gasteiger partial charge in [-0.05, 0) is 42.5 Å². The summed E-state index contributed by atoms with van der Waals surface area (Å²) in [6.45, 7) is 0. The fourth-order valence-corrected chi connectivity index (χ4v) is 3.40. The van der Waals surface area contributed by atoms with Crippen molar-refractivity contribution in [2.24, 2.45) is 0 Å².